The maximum absolute atomic E-state index is 11.6. The minimum absolute atomic E-state index is 0.0106. The van der Waals surface area contributed by atoms with Gasteiger partial charge in [-0.05, 0) is 24.4 Å². The van der Waals surface area contributed by atoms with E-state index in [1.807, 2.05) is 0 Å². The molecule has 0 saturated carbocycles. The van der Waals surface area contributed by atoms with Gasteiger partial charge in [0.1, 0.15) is 11.3 Å². The van der Waals surface area contributed by atoms with Crippen LogP contribution in [-0.4, -0.2) is 28.4 Å². The molecule has 0 amide bonds. The van der Waals surface area contributed by atoms with Gasteiger partial charge in [-0.15, -0.1) is 0 Å². The van der Waals surface area contributed by atoms with Crippen molar-refractivity contribution >= 4 is 24.1 Å². The fourth-order valence-electron chi connectivity index (χ4n) is 1.43. The molecule has 98 valence electrons. The normalized spacial score (nSPS) is 10.8. The van der Waals surface area contributed by atoms with Crippen LogP contribution in [0.4, 0.5) is 5.69 Å². The summed E-state index contributed by atoms with van der Waals surface area (Å²) in [5.41, 5.74) is 0.102. The average molecular weight is 277 g/mol. The Balaban J connectivity index is 2.38. The Kier molecular flexibility index (Phi) is 3.76. The second-order valence-electron chi connectivity index (χ2n) is 3.63. The molecular formula is C12H11N3O3S. The zero-order valence-electron chi connectivity index (χ0n) is 10.0. The largest absolute Gasteiger partial charge is 0.497 e. The van der Waals surface area contributed by atoms with E-state index in [1.54, 1.807) is 31.4 Å². The molecule has 1 aromatic carbocycles. The highest BCUT2D eigenvalue weighted by Gasteiger charge is 2.04. The van der Waals surface area contributed by atoms with E-state index in [9.17, 15) is 9.90 Å². The number of hydrogen-bond acceptors (Lipinski definition) is 5. The third-order valence-corrected chi connectivity index (χ3v) is 2.56. The molecule has 0 aliphatic heterocycles. The first-order valence-corrected chi connectivity index (χ1v) is 5.74. The van der Waals surface area contributed by atoms with Gasteiger partial charge in [0.25, 0.3) is 5.56 Å². The van der Waals surface area contributed by atoms with Gasteiger partial charge in [-0.1, -0.05) is 6.07 Å². The Morgan fingerprint density at radius 1 is 1.42 bits per heavy atom. The molecule has 1 heterocycles. The van der Waals surface area contributed by atoms with Crippen molar-refractivity contribution in [2.45, 2.75) is 0 Å². The molecule has 0 spiro atoms. The van der Waals surface area contributed by atoms with Crippen LogP contribution in [0.15, 0.2) is 34.1 Å². The first-order valence-electron chi connectivity index (χ1n) is 5.34. The van der Waals surface area contributed by atoms with Crippen molar-refractivity contribution in [3.8, 4) is 11.6 Å². The predicted molar refractivity (Wildman–Crippen MR) is 74.2 cm³/mol. The monoisotopic (exact) mass is 277 g/mol. The number of aromatic amines is 2. The highest BCUT2D eigenvalue weighted by Crippen LogP contribution is 2.19. The van der Waals surface area contributed by atoms with E-state index in [0.29, 0.717) is 11.4 Å². The molecule has 2 rings (SSSR count). The molecule has 19 heavy (non-hydrogen) atoms. The second-order valence-corrected chi connectivity index (χ2v) is 4.04. The van der Waals surface area contributed by atoms with Gasteiger partial charge in [-0.25, -0.2) is 0 Å². The molecule has 0 saturated heterocycles. The first kappa shape index (κ1) is 13.0. The second kappa shape index (κ2) is 5.49. The van der Waals surface area contributed by atoms with Gasteiger partial charge >= 0.3 is 0 Å². The smallest absolute Gasteiger partial charge is 0.264 e. The molecule has 1 aromatic heterocycles. The first-order chi connectivity index (χ1) is 9.10. The van der Waals surface area contributed by atoms with Crippen molar-refractivity contribution in [2.24, 2.45) is 4.99 Å². The van der Waals surface area contributed by atoms with E-state index in [0.717, 1.165) is 0 Å². The lowest BCUT2D eigenvalue weighted by atomic mass is 10.3. The number of nitrogens with zero attached hydrogens (tertiary/aromatic N) is 1. The van der Waals surface area contributed by atoms with E-state index >= 15 is 0 Å². The van der Waals surface area contributed by atoms with E-state index in [-0.39, 0.29) is 16.2 Å². The molecule has 7 heteroatoms. The Morgan fingerprint density at radius 3 is 2.89 bits per heavy atom. The van der Waals surface area contributed by atoms with Crippen molar-refractivity contribution in [3.63, 3.8) is 0 Å². The van der Waals surface area contributed by atoms with Crippen molar-refractivity contribution in [1.29, 1.82) is 0 Å². The minimum Gasteiger partial charge on any atom is -0.497 e. The SMILES string of the molecule is COc1cccc(N=Cc2c(O)[nH]c(=S)[nH]c2=O)c1. The van der Waals surface area contributed by atoms with Crippen molar-refractivity contribution < 1.29 is 9.84 Å². The van der Waals surface area contributed by atoms with Crippen LogP contribution in [0.1, 0.15) is 5.56 Å². The van der Waals surface area contributed by atoms with Crippen LogP contribution in [-0.2, 0) is 0 Å². The van der Waals surface area contributed by atoms with Gasteiger partial charge in [0, 0.05) is 12.3 Å². The van der Waals surface area contributed by atoms with E-state index in [1.165, 1.54) is 6.21 Å². The minimum atomic E-state index is -0.507. The van der Waals surface area contributed by atoms with Crippen LogP contribution in [0.3, 0.4) is 0 Å². The number of aliphatic imine (C=N–C) groups is 1. The number of rotatable bonds is 3. The maximum atomic E-state index is 11.6. The summed E-state index contributed by atoms with van der Waals surface area (Å²) in [4.78, 5) is 20.5. The van der Waals surface area contributed by atoms with Gasteiger partial charge < -0.3 is 14.8 Å². The summed E-state index contributed by atoms with van der Waals surface area (Å²) >= 11 is 4.72. The summed E-state index contributed by atoms with van der Waals surface area (Å²) in [5.74, 6) is 0.334. The summed E-state index contributed by atoms with van der Waals surface area (Å²) in [6.07, 6.45) is 1.26. The molecule has 0 aliphatic carbocycles. The van der Waals surface area contributed by atoms with Crippen molar-refractivity contribution in [2.75, 3.05) is 7.11 Å². The number of methoxy groups -OCH3 is 1. The maximum Gasteiger partial charge on any atom is 0.264 e. The third kappa shape index (κ3) is 3.08. The molecule has 0 aliphatic rings. The van der Waals surface area contributed by atoms with E-state index < -0.39 is 5.56 Å². The fourth-order valence-corrected chi connectivity index (χ4v) is 1.62. The molecule has 6 nitrogen and oxygen atoms in total. The molecule has 0 radical (unpaired) electrons. The molecule has 0 bridgehead atoms. The number of nitrogens with one attached hydrogen (secondary N) is 2. The standard InChI is InChI=1S/C12H11N3O3S/c1-18-8-4-2-3-7(5-8)13-6-9-10(16)14-12(19)15-11(9)17/h2-6H,1H3,(H3,14,15,16,17,19). The summed E-state index contributed by atoms with van der Waals surface area (Å²) < 4.78 is 5.12. The lowest BCUT2D eigenvalue weighted by Gasteiger charge is -2.00. The van der Waals surface area contributed by atoms with Crippen LogP contribution in [0.5, 0.6) is 11.6 Å². The topological polar surface area (TPSA) is 90.5 Å². The molecule has 0 fully saturated rings. The highest BCUT2D eigenvalue weighted by atomic mass is 32.1. The molecule has 3 N–H and O–H groups in total. The molecule has 2 aromatic rings. The quantitative estimate of drug-likeness (QED) is 0.590. The fraction of sp³-hybridized carbons (Fsp3) is 0.0833. The van der Waals surface area contributed by atoms with Crippen molar-refractivity contribution in [3.05, 3.63) is 45.0 Å². The molecule has 0 atom stereocenters. The third-order valence-electron chi connectivity index (χ3n) is 2.35. The molecular weight excluding hydrogens is 266 g/mol. The zero-order valence-corrected chi connectivity index (χ0v) is 10.8. The lowest BCUT2D eigenvalue weighted by Crippen LogP contribution is -2.13. The van der Waals surface area contributed by atoms with E-state index in [4.69, 9.17) is 17.0 Å². The number of aromatic nitrogens is 2. The van der Waals surface area contributed by atoms with Crippen LogP contribution >= 0.6 is 12.2 Å². The van der Waals surface area contributed by atoms with Crippen LogP contribution in [0.2, 0.25) is 0 Å². The lowest BCUT2D eigenvalue weighted by molar-refractivity contribution is 0.415. The van der Waals surface area contributed by atoms with Gasteiger partial charge in [-0.3, -0.25) is 14.8 Å². The number of hydrogen-bond donors (Lipinski definition) is 3. The summed E-state index contributed by atoms with van der Waals surface area (Å²) in [6, 6.07) is 7.00. The number of H-pyrrole nitrogens is 2. The van der Waals surface area contributed by atoms with E-state index in [2.05, 4.69) is 15.0 Å². The van der Waals surface area contributed by atoms with Crippen LogP contribution in [0.25, 0.3) is 0 Å². The highest BCUT2D eigenvalue weighted by molar-refractivity contribution is 7.71. The van der Waals surface area contributed by atoms with Crippen LogP contribution in [0, 0.1) is 4.77 Å². The summed E-state index contributed by atoms with van der Waals surface area (Å²) in [5, 5.41) is 9.59. The summed E-state index contributed by atoms with van der Waals surface area (Å²) in [6.45, 7) is 0. The Bertz CT molecular complexity index is 733. The Labute approximate surface area is 113 Å². The van der Waals surface area contributed by atoms with Gasteiger partial charge in [0.05, 0.1) is 12.8 Å². The number of benzene rings is 1. The summed E-state index contributed by atoms with van der Waals surface area (Å²) in [7, 11) is 1.55. The zero-order chi connectivity index (χ0) is 13.8. The number of ether oxygens (including phenoxy) is 1. The van der Waals surface area contributed by atoms with Crippen LogP contribution < -0.4 is 10.3 Å². The Hall–Kier alpha value is -2.41. The predicted octanol–water partition coefficient (Wildman–Crippen LogP) is 1.90. The Morgan fingerprint density at radius 2 is 2.21 bits per heavy atom. The molecule has 0 unspecified atom stereocenters. The van der Waals surface area contributed by atoms with Crippen molar-refractivity contribution in [1.82, 2.24) is 9.97 Å². The van der Waals surface area contributed by atoms with Gasteiger partial charge in [0.2, 0.25) is 5.88 Å². The average Bonchev–Trinajstić information content (AvgIpc) is 2.37. The van der Waals surface area contributed by atoms with Gasteiger partial charge in [0.15, 0.2) is 4.77 Å². The van der Waals surface area contributed by atoms with Gasteiger partial charge in [-0.2, -0.15) is 0 Å². The number of aromatic hydroxyl groups is 1.